The molecule has 0 aliphatic carbocycles. The molecule has 0 aliphatic heterocycles. The van der Waals surface area contributed by atoms with E-state index in [1.54, 1.807) is 18.5 Å². The highest BCUT2D eigenvalue weighted by atomic mass is 19.1. The molecule has 0 spiro atoms. The lowest BCUT2D eigenvalue weighted by molar-refractivity contribution is 0.523. The van der Waals surface area contributed by atoms with E-state index in [9.17, 15) is 4.39 Å². The van der Waals surface area contributed by atoms with Crippen LogP contribution in [0.15, 0.2) is 30.6 Å². The summed E-state index contributed by atoms with van der Waals surface area (Å²) in [4.78, 5) is 0. The van der Waals surface area contributed by atoms with Crippen LogP contribution in [-0.4, -0.2) is 10.2 Å². The van der Waals surface area contributed by atoms with Gasteiger partial charge < -0.3 is 0 Å². The molecule has 0 bridgehead atoms. The van der Waals surface area contributed by atoms with E-state index < -0.39 is 0 Å². The highest BCUT2D eigenvalue weighted by Crippen LogP contribution is 2.29. The zero-order valence-corrected chi connectivity index (χ0v) is 9.71. The van der Waals surface area contributed by atoms with E-state index in [0.717, 1.165) is 16.7 Å². The Balaban J connectivity index is 2.52. The zero-order chi connectivity index (χ0) is 11.8. The fourth-order valence-electron chi connectivity index (χ4n) is 1.69. The average Bonchev–Trinajstić information content (AvgIpc) is 2.69. The van der Waals surface area contributed by atoms with Gasteiger partial charge in [0.25, 0.3) is 0 Å². The molecule has 0 saturated heterocycles. The molecule has 84 valence electrons. The van der Waals surface area contributed by atoms with E-state index in [2.05, 4.69) is 10.2 Å². The van der Waals surface area contributed by atoms with Crippen LogP contribution in [0, 0.1) is 5.82 Å². The van der Waals surface area contributed by atoms with Gasteiger partial charge in [0.2, 0.25) is 0 Å². The van der Waals surface area contributed by atoms with Gasteiger partial charge in [-0.25, -0.2) is 4.39 Å². The second-order valence-electron chi connectivity index (χ2n) is 4.93. The summed E-state index contributed by atoms with van der Waals surface area (Å²) >= 11 is 0. The van der Waals surface area contributed by atoms with Crippen LogP contribution in [0.4, 0.5) is 4.39 Å². The molecule has 3 heteroatoms. The zero-order valence-electron chi connectivity index (χ0n) is 9.71. The summed E-state index contributed by atoms with van der Waals surface area (Å²) in [5, 5.41) is 6.65. The third-order valence-electron chi connectivity index (χ3n) is 2.61. The topological polar surface area (TPSA) is 28.7 Å². The van der Waals surface area contributed by atoms with Crippen molar-refractivity contribution in [2.75, 3.05) is 0 Å². The SMILES string of the molecule is CC(C)(C)c1cc(-c2cn[nH]c2)ccc1F. The van der Waals surface area contributed by atoms with Gasteiger partial charge in [-0.2, -0.15) is 5.10 Å². The predicted octanol–water partition coefficient (Wildman–Crippen LogP) is 3.51. The van der Waals surface area contributed by atoms with Gasteiger partial charge in [-0.05, 0) is 28.7 Å². The van der Waals surface area contributed by atoms with Crippen molar-refractivity contribution in [2.24, 2.45) is 0 Å². The smallest absolute Gasteiger partial charge is 0.126 e. The minimum atomic E-state index is -0.191. The van der Waals surface area contributed by atoms with Crippen molar-refractivity contribution in [3.8, 4) is 11.1 Å². The summed E-state index contributed by atoms with van der Waals surface area (Å²) in [6.07, 6.45) is 3.54. The number of benzene rings is 1. The van der Waals surface area contributed by atoms with Gasteiger partial charge in [0, 0.05) is 11.8 Å². The van der Waals surface area contributed by atoms with Gasteiger partial charge in [-0.15, -0.1) is 0 Å². The number of hydrogen-bond donors (Lipinski definition) is 1. The minimum Gasteiger partial charge on any atom is -0.285 e. The molecule has 0 atom stereocenters. The lowest BCUT2D eigenvalue weighted by Crippen LogP contribution is -2.13. The molecule has 0 radical (unpaired) electrons. The summed E-state index contributed by atoms with van der Waals surface area (Å²) in [6, 6.07) is 5.18. The number of H-pyrrole nitrogens is 1. The summed E-state index contributed by atoms with van der Waals surface area (Å²) in [7, 11) is 0. The fourth-order valence-corrected chi connectivity index (χ4v) is 1.69. The highest BCUT2D eigenvalue weighted by molar-refractivity contribution is 5.62. The Kier molecular flexibility index (Phi) is 2.54. The Bertz CT molecular complexity index is 481. The van der Waals surface area contributed by atoms with Crippen LogP contribution < -0.4 is 0 Å². The van der Waals surface area contributed by atoms with Gasteiger partial charge in [0.15, 0.2) is 0 Å². The maximum atomic E-state index is 13.7. The minimum absolute atomic E-state index is 0.153. The lowest BCUT2D eigenvalue weighted by Gasteiger charge is -2.20. The Morgan fingerprint density at radius 3 is 2.50 bits per heavy atom. The summed E-state index contributed by atoms with van der Waals surface area (Å²) < 4.78 is 13.7. The van der Waals surface area contributed by atoms with Crippen LogP contribution in [0.25, 0.3) is 11.1 Å². The van der Waals surface area contributed by atoms with Gasteiger partial charge in [0.05, 0.1) is 6.20 Å². The summed E-state index contributed by atoms with van der Waals surface area (Å²) in [6.45, 7) is 6.01. The molecular weight excluding hydrogens is 203 g/mol. The molecule has 1 aromatic heterocycles. The standard InChI is InChI=1S/C13H15FN2/c1-13(2,3)11-6-9(4-5-12(11)14)10-7-15-16-8-10/h4-8H,1-3H3,(H,15,16). The number of rotatable bonds is 1. The van der Waals surface area contributed by atoms with Crippen LogP contribution in [-0.2, 0) is 5.41 Å². The third kappa shape index (κ3) is 1.98. The van der Waals surface area contributed by atoms with Crippen LogP contribution in [0.1, 0.15) is 26.3 Å². The van der Waals surface area contributed by atoms with E-state index in [1.807, 2.05) is 26.8 Å². The second-order valence-corrected chi connectivity index (χ2v) is 4.93. The van der Waals surface area contributed by atoms with Crippen molar-refractivity contribution in [3.05, 3.63) is 42.0 Å². The Hall–Kier alpha value is -1.64. The average molecular weight is 218 g/mol. The molecule has 2 aromatic rings. The molecular formula is C13H15FN2. The van der Waals surface area contributed by atoms with Crippen LogP contribution in [0.3, 0.4) is 0 Å². The number of halogens is 1. The van der Waals surface area contributed by atoms with Crippen molar-refractivity contribution in [3.63, 3.8) is 0 Å². The van der Waals surface area contributed by atoms with Crippen molar-refractivity contribution in [1.29, 1.82) is 0 Å². The number of nitrogens with one attached hydrogen (secondary N) is 1. The molecule has 0 aliphatic rings. The first-order chi connectivity index (χ1) is 7.48. The summed E-state index contributed by atoms with van der Waals surface area (Å²) in [5.74, 6) is -0.153. The lowest BCUT2D eigenvalue weighted by atomic mass is 9.85. The van der Waals surface area contributed by atoms with E-state index in [4.69, 9.17) is 0 Å². The second kappa shape index (κ2) is 3.74. The van der Waals surface area contributed by atoms with Gasteiger partial charge in [-0.3, -0.25) is 5.10 Å². The van der Waals surface area contributed by atoms with Gasteiger partial charge in [0.1, 0.15) is 5.82 Å². The van der Waals surface area contributed by atoms with Crippen molar-refractivity contribution < 1.29 is 4.39 Å². The van der Waals surface area contributed by atoms with Crippen molar-refractivity contribution in [2.45, 2.75) is 26.2 Å². The van der Waals surface area contributed by atoms with E-state index in [1.165, 1.54) is 6.07 Å². The van der Waals surface area contributed by atoms with Crippen molar-refractivity contribution in [1.82, 2.24) is 10.2 Å². The normalized spacial score (nSPS) is 11.8. The number of aromatic nitrogens is 2. The van der Waals surface area contributed by atoms with Gasteiger partial charge >= 0.3 is 0 Å². The molecule has 0 fully saturated rings. The maximum absolute atomic E-state index is 13.7. The highest BCUT2D eigenvalue weighted by Gasteiger charge is 2.19. The third-order valence-corrected chi connectivity index (χ3v) is 2.61. The molecule has 2 nitrogen and oxygen atoms in total. The predicted molar refractivity (Wildman–Crippen MR) is 62.7 cm³/mol. The van der Waals surface area contributed by atoms with Crippen LogP contribution >= 0.6 is 0 Å². The first kappa shape index (κ1) is 10.9. The number of aromatic amines is 1. The first-order valence-corrected chi connectivity index (χ1v) is 5.27. The van der Waals surface area contributed by atoms with E-state index in [0.29, 0.717) is 0 Å². The first-order valence-electron chi connectivity index (χ1n) is 5.27. The number of nitrogens with zero attached hydrogens (tertiary/aromatic N) is 1. The molecule has 1 N–H and O–H groups in total. The summed E-state index contributed by atoms with van der Waals surface area (Å²) in [5.41, 5.74) is 2.50. The molecule has 1 aromatic carbocycles. The number of hydrogen-bond acceptors (Lipinski definition) is 1. The monoisotopic (exact) mass is 218 g/mol. The van der Waals surface area contributed by atoms with E-state index >= 15 is 0 Å². The Labute approximate surface area is 94.5 Å². The fraction of sp³-hybridized carbons (Fsp3) is 0.308. The van der Waals surface area contributed by atoms with E-state index in [-0.39, 0.29) is 11.2 Å². The Morgan fingerprint density at radius 1 is 1.19 bits per heavy atom. The quantitative estimate of drug-likeness (QED) is 0.779. The van der Waals surface area contributed by atoms with Crippen molar-refractivity contribution >= 4 is 0 Å². The molecule has 0 saturated carbocycles. The maximum Gasteiger partial charge on any atom is 0.126 e. The molecule has 16 heavy (non-hydrogen) atoms. The largest absolute Gasteiger partial charge is 0.285 e. The molecule has 0 unspecified atom stereocenters. The van der Waals surface area contributed by atoms with Crippen LogP contribution in [0.5, 0.6) is 0 Å². The van der Waals surface area contributed by atoms with Gasteiger partial charge in [-0.1, -0.05) is 26.8 Å². The van der Waals surface area contributed by atoms with Crippen LogP contribution in [0.2, 0.25) is 0 Å². The Morgan fingerprint density at radius 2 is 1.94 bits per heavy atom. The molecule has 1 heterocycles. The molecule has 0 amide bonds. The molecule has 2 rings (SSSR count).